The number of rotatable bonds is 8. The number of carboxylic acid groups (broad SMARTS) is 1. The van der Waals surface area contributed by atoms with Gasteiger partial charge in [0.15, 0.2) is 11.5 Å². The smallest absolute Gasteiger partial charge is 0.303 e. The number of hydrogen-bond donors (Lipinski definition) is 2. The van der Waals surface area contributed by atoms with E-state index < -0.39 is 5.97 Å². The van der Waals surface area contributed by atoms with Gasteiger partial charge in [-0.1, -0.05) is 42.5 Å². The Bertz CT molecular complexity index is 702. The summed E-state index contributed by atoms with van der Waals surface area (Å²) in [5.41, 5.74) is 2.23. The molecule has 1 heterocycles. The third-order valence-electron chi connectivity index (χ3n) is 4.26. The molecule has 132 valence electrons. The Morgan fingerprint density at radius 2 is 1.88 bits per heavy atom. The maximum Gasteiger partial charge on any atom is 0.303 e. The summed E-state index contributed by atoms with van der Waals surface area (Å²) in [5, 5.41) is 12.5. The Hall–Kier alpha value is -2.53. The second-order valence-corrected chi connectivity index (χ2v) is 6.14. The van der Waals surface area contributed by atoms with Gasteiger partial charge < -0.3 is 19.9 Å². The maximum atomic E-state index is 11.0. The average molecular weight is 341 g/mol. The van der Waals surface area contributed by atoms with E-state index in [0.717, 1.165) is 23.5 Å². The molecule has 0 fully saturated rings. The lowest BCUT2D eigenvalue weighted by atomic mass is 10.0. The molecule has 0 amide bonds. The Labute approximate surface area is 147 Å². The van der Waals surface area contributed by atoms with Crippen LogP contribution in [0.5, 0.6) is 11.5 Å². The molecule has 1 atom stereocenters. The molecule has 3 rings (SSSR count). The maximum absolute atomic E-state index is 11.0. The first kappa shape index (κ1) is 17.3. The van der Waals surface area contributed by atoms with Gasteiger partial charge in [-0.2, -0.15) is 0 Å². The summed E-state index contributed by atoms with van der Waals surface area (Å²) in [4.78, 5) is 11.0. The third-order valence-corrected chi connectivity index (χ3v) is 4.26. The largest absolute Gasteiger partial charge is 0.486 e. The van der Waals surface area contributed by atoms with Gasteiger partial charge in [0.25, 0.3) is 0 Å². The zero-order valence-corrected chi connectivity index (χ0v) is 14.1. The highest BCUT2D eigenvalue weighted by Gasteiger charge is 2.17. The van der Waals surface area contributed by atoms with Crippen LogP contribution in [0.3, 0.4) is 0 Å². The van der Waals surface area contributed by atoms with E-state index in [0.29, 0.717) is 26.2 Å². The predicted octanol–water partition coefficient (Wildman–Crippen LogP) is 3.02. The summed E-state index contributed by atoms with van der Waals surface area (Å²) in [5.74, 6) is 0.794. The highest BCUT2D eigenvalue weighted by atomic mass is 16.6. The first-order chi connectivity index (χ1) is 12.2. The molecule has 0 aliphatic carbocycles. The molecule has 1 unspecified atom stereocenters. The minimum atomic E-state index is -0.770. The molecule has 2 aromatic carbocycles. The van der Waals surface area contributed by atoms with Gasteiger partial charge >= 0.3 is 5.97 Å². The van der Waals surface area contributed by atoms with Crippen molar-refractivity contribution in [1.29, 1.82) is 0 Å². The highest BCUT2D eigenvalue weighted by molar-refractivity contribution is 5.66. The van der Waals surface area contributed by atoms with Crippen molar-refractivity contribution in [2.45, 2.75) is 31.8 Å². The molecule has 0 spiro atoms. The van der Waals surface area contributed by atoms with Crippen LogP contribution in [0.15, 0.2) is 48.5 Å². The van der Waals surface area contributed by atoms with Gasteiger partial charge in [-0.25, -0.2) is 0 Å². The van der Waals surface area contributed by atoms with Crippen LogP contribution in [-0.4, -0.2) is 30.3 Å². The van der Waals surface area contributed by atoms with Crippen molar-refractivity contribution in [3.8, 4) is 11.5 Å². The van der Waals surface area contributed by atoms with E-state index >= 15 is 0 Å². The van der Waals surface area contributed by atoms with Gasteiger partial charge in [0.2, 0.25) is 0 Å². The molecule has 5 heteroatoms. The third kappa shape index (κ3) is 4.97. The van der Waals surface area contributed by atoms with Gasteiger partial charge in [0, 0.05) is 24.6 Å². The van der Waals surface area contributed by atoms with Crippen molar-refractivity contribution >= 4 is 5.97 Å². The van der Waals surface area contributed by atoms with Crippen LogP contribution < -0.4 is 14.8 Å². The minimum absolute atomic E-state index is 0.0823. The molecule has 0 saturated heterocycles. The molecule has 2 N–H and O–H groups in total. The number of benzene rings is 2. The highest BCUT2D eigenvalue weighted by Crippen LogP contribution is 2.33. The molecule has 2 aromatic rings. The minimum Gasteiger partial charge on any atom is -0.486 e. The molecular formula is C20H23NO4. The van der Waals surface area contributed by atoms with Gasteiger partial charge in [-0.15, -0.1) is 0 Å². The molecule has 0 aromatic heterocycles. The van der Waals surface area contributed by atoms with Crippen molar-refractivity contribution in [3.63, 3.8) is 0 Å². The molecule has 0 radical (unpaired) electrons. The number of carboxylic acids is 1. The van der Waals surface area contributed by atoms with E-state index in [1.54, 1.807) is 0 Å². The van der Waals surface area contributed by atoms with Crippen LogP contribution >= 0.6 is 0 Å². The fraction of sp³-hybridized carbons (Fsp3) is 0.350. The molecule has 25 heavy (non-hydrogen) atoms. The van der Waals surface area contributed by atoms with Gasteiger partial charge in [-0.05, 0) is 24.5 Å². The van der Waals surface area contributed by atoms with Crippen molar-refractivity contribution in [3.05, 3.63) is 59.7 Å². The number of fused-ring (bicyclic) bond motifs is 1. The summed E-state index contributed by atoms with van der Waals surface area (Å²) < 4.78 is 11.4. The molecule has 0 saturated carbocycles. The van der Waals surface area contributed by atoms with E-state index in [4.69, 9.17) is 14.6 Å². The van der Waals surface area contributed by atoms with E-state index in [9.17, 15) is 4.79 Å². The Balaban J connectivity index is 1.66. The van der Waals surface area contributed by atoms with Gasteiger partial charge in [0.05, 0.1) is 0 Å². The summed E-state index contributed by atoms with van der Waals surface area (Å²) in [6.45, 7) is 1.74. The monoisotopic (exact) mass is 341 g/mol. The lowest BCUT2D eigenvalue weighted by Gasteiger charge is -2.23. The lowest BCUT2D eigenvalue weighted by Crippen LogP contribution is -2.32. The van der Waals surface area contributed by atoms with Crippen molar-refractivity contribution in [2.24, 2.45) is 0 Å². The summed E-state index contributed by atoms with van der Waals surface area (Å²) in [7, 11) is 0. The van der Waals surface area contributed by atoms with Crippen molar-refractivity contribution < 1.29 is 19.4 Å². The van der Waals surface area contributed by atoms with Crippen LogP contribution in [0, 0.1) is 0 Å². The SMILES string of the molecule is O=C(O)CCC(Cc1ccccc1)NCc1cccc2c1OCCO2. The summed E-state index contributed by atoms with van der Waals surface area (Å²) >= 11 is 0. The van der Waals surface area contributed by atoms with Crippen LogP contribution in [0.4, 0.5) is 0 Å². The van der Waals surface area contributed by atoms with Crippen LogP contribution in [0.2, 0.25) is 0 Å². The molecular weight excluding hydrogens is 318 g/mol. The van der Waals surface area contributed by atoms with Crippen LogP contribution in [-0.2, 0) is 17.8 Å². The molecule has 1 aliphatic heterocycles. The molecule has 5 nitrogen and oxygen atoms in total. The van der Waals surface area contributed by atoms with E-state index in [2.05, 4.69) is 17.4 Å². The zero-order chi connectivity index (χ0) is 17.5. The van der Waals surface area contributed by atoms with Gasteiger partial charge in [0.1, 0.15) is 13.2 Å². The second kappa shape index (κ2) is 8.53. The molecule has 0 bridgehead atoms. The lowest BCUT2D eigenvalue weighted by molar-refractivity contribution is -0.137. The zero-order valence-electron chi connectivity index (χ0n) is 14.1. The van der Waals surface area contributed by atoms with E-state index in [1.165, 1.54) is 5.56 Å². The van der Waals surface area contributed by atoms with Crippen LogP contribution in [0.1, 0.15) is 24.0 Å². The van der Waals surface area contributed by atoms with E-state index in [-0.39, 0.29) is 12.5 Å². The Morgan fingerprint density at radius 3 is 2.68 bits per heavy atom. The van der Waals surface area contributed by atoms with E-state index in [1.807, 2.05) is 36.4 Å². The van der Waals surface area contributed by atoms with Crippen LogP contribution in [0.25, 0.3) is 0 Å². The predicted molar refractivity (Wildman–Crippen MR) is 95.1 cm³/mol. The normalized spacial score (nSPS) is 14.1. The van der Waals surface area contributed by atoms with Crippen molar-refractivity contribution in [1.82, 2.24) is 5.32 Å². The first-order valence-corrected chi connectivity index (χ1v) is 8.59. The fourth-order valence-corrected chi connectivity index (χ4v) is 3.00. The number of carbonyl (C=O) groups is 1. The Kier molecular flexibility index (Phi) is 5.90. The number of para-hydroxylation sites is 1. The second-order valence-electron chi connectivity index (χ2n) is 6.14. The van der Waals surface area contributed by atoms with Gasteiger partial charge in [-0.3, -0.25) is 4.79 Å². The Morgan fingerprint density at radius 1 is 1.08 bits per heavy atom. The standard InChI is InChI=1S/C20H23NO4/c22-19(23)10-9-17(13-15-5-2-1-3-6-15)21-14-16-7-4-8-18-20(16)25-12-11-24-18/h1-8,17,21H,9-14H2,(H,22,23). The molecule has 1 aliphatic rings. The topological polar surface area (TPSA) is 67.8 Å². The summed E-state index contributed by atoms with van der Waals surface area (Å²) in [6.07, 6.45) is 1.52. The van der Waals surface area contributed by atoms with Crippen molar-refractivity contribution in [2.75, 3.05) is 13.2 Å². The quantitative estimate of drug-likeness (QED) is 0.772. The number of ether oxygens (including phenoxy) is 2. The number of nitrogens with one attached hydrogen (secondary N) is 1. The average Bonchev–Trinajstić information content (AvgIpc) is 2.64. The first-order valence-electron chi connectivity index (χ1n) is 8.59. The summed E-state index contributed by atoms with van der Waals surface area (Å²) in [6, 6.07) is 16.1. The number of aliphatic carboxylic acids is 1. The fourth-order valence-electron chi connectivity index (χ4n) is 3.00. The number of hydrogen-bond acceptors (Lipinski definition) is 4.